The summed E-state index contributed by atoms with van der Waals surface area (Å²) in [6.45, 7) is 1.64. The van der Waals surface area contributed by atoms with Crippen LogP contribution in [0.2, 0.25) is 0 Å². The molecule has 13 heavy (non-hydrogen) atoms. The van der Waals surface area contributed by atoms with Crippen LogP contribution >= 0.6 is 0 Å². The van der Waals surface area contributed by atoms with Gasteiger partial charge in [0.1, 0.15) is 0 Å². The highest BCUT2D eigenvalue weighted by molar-refractivity contribution is 5.80. The third-order valence-corrected chi connectivity index (χ3v) is 1.68. The highest BCUT2D eigenvalue weighted by Crippen LogP contribution is 1.89. The van der Waals surface area contributed by atoms with Crippen molar-refractivity contribution in [2.75, 3.05) is 27.2 Å². The van der Waals surface area contributed by atoms with Crippen molar-refractivity contribution in [3.05, 3.63) is 0 Å². The minimum absolute atomic E-state index is 0.0508. The van der Waals surface area contributed by atoms with Gasteiger partial charge in [0.15, 0.2) is 0 Å². The van der Waals surface area contributed by atoms with Gasteiger partial charge in [0, 0.05) is 20.6 Å². The molecule has 0 rings (SSSR count). The Morgan fingerprint density at radius 2 is 2.08 bits per heavy atom. The van der Waals surface area contributed by atoms with Crippen LogP contribution < -0.4 is 5.32 Å². The molecule has 0 bridgehead atoms. The summed E-state index contributed by atoms with van der Waals surface area (Å²) >= 11 is 0. The van der Waals surface area contributed by atoms with Crippen LogP contribution in [0.5, 0.6) is 0 Å². The highest BCUT2D eigenvalue weighted by atomic mass is 16.3. The van der Waals surface area contributed by atoms with Crippen molar-refractivity contribution in [2.24, 2.45) is 0 Å². The van der Waals surface area contributed by atoms with Crippen molar-refractivity contribution < 1.29 is 15.0 Å². The number of aliphatic hydroxyl groups excluding tert-OH is 2. The molecule has 0 aliphatic heterocycles. The maximum atomic E-state index is 11.3. The van der Waals surface area contributed by atoms with Gasteiger partial charge in [-0.05, 0) is 6.92 Å². The number of nitrogens with one attached hydrogen (secondary N) is 1. The summed E-state index contributed by atoms with van der Waals surface area (Å²) in [5.41, 5.74) is 0. The molecular weight excluding hydrogens is 172 g/mol. The van der Waals surface area contributed by atoms with E-state index in [-0.39, 0.29) is 25.1 Å². The predicted octanol–water partition coefficient (Wildman–Crippen LogP) is -1.59. The smallest absolute Gasteiger partial charge is 0.238 e. The predicted molar refractivity (Wildman–Crippen MR) is 49.3 cm³/mol. The maximum Gasteiger partial charge on any atom is 0.238 e. The molecule has 78 valence electrons. The minimum atomic E-state index is -0.808. The van der Waals surface area contributed by atoms with Crippen LogP contribution in [0.4, 0.5) is 0 Å². The van der Waals surface area contributed by atoms with Crippen LogP contribution in [0.1, 0.15) is 6.92 Å². The van der Waals surface area contributed by atoms with Gasteiger partial charge in [0.2, 0.25) is 5.91 Å². The van der Waals surface area contributed by atoms with E-state index in [1.54, 1.807) is 21.0 Å². The van der Waals surface area contributed by atoms with Gasteiger partial charge in [0.25, 0.3) is 0 Å². The summed E-state index contributed by atoms with van der Waals surface area (Å²) in [5, 5.41) is 20.3. The Bertz CT molecular complexity index is 161. The van der Waals surface area contributed by atoms with E-state index in [2.05, 4.69) is 5.32 Å². The third kappa shape index (κ3) is 4.82. The van der Waals surface area contributed by atoms with E-state index in [1.165, 1.54) is 4.90 Å². The highest BCUT2D eigenvalue weighted by Gasteiger charge is 2.14. The summed E-state index contributed by atoms with van der Waals surface area (Å²) in [6.07, 6.45) is -0.808. The molecule has 3 N–H and O–H groups in total. The van der Waals surface area contributed by atoms with E-state index >= 15 is 0 Å². The number of amides is 1. The zero-order valence-corrected chi connectivity index (χ0v) is 8.32. The lowest BCUT2D eigenvalue weighted by Crippen LogP contribution is -2.44. The number of nitrogens with zero attached hydrogens (tertiary/aromatic N) is 1. The van der Waals surface area contributed by atoms with Gasteiger partial charge in [0.05, 0.1) is 18.8 Å². The molecule has 0 aromatic heterocycles. The van der Waals surface area contributed by atoms with Crippen molar-refractivity contribution in [3.63, 3.8) is 0 Å². The summed E-state index contributed by atoms with van der Waals surface area (Å²) in [6, 6.07) is -0.337. The van der Waals surface area contributed by atoms with E-state index in [4.69, 9.17) is 10.2 Å². The molecular formula is C8H18N2O3. The van der Waals surface area contributed by atoms with Crippen LogP contribution in [0.3, 0.4) is 0 Å². The molecule has 1 amide bonds. The van der Waals surface area contributed by atoms with E-state index in [1.807, 2.05) is 0 Å². The van der Waals surface area contributed by atoms with Gasteiger partial charge in [-0.3, -0.25) is 4.79 Å². The van der Waals surface area contributed by atoms with Gasteiger partial charge in [-0.25, -0.2) is 0 Å². The second kappa shape index (κ2) is 5.90. The lowest BCUT2D eigenvalue weighted by atomic mass is 10.2. The fourth-order valence-corrected chi connectivity index (χ4v) is 0.852. The standard InChI is InChI=1S/C8H18N2O3/c1-6(8(13)10(2)3)9-4-7(12)5-11/h6-7,9,11-12H,4-5H2,1-3H3/t6?,7-/m0/s1. The quantitative estimate of drug-likeness (QED) is 0.488. The van der Waals surface area contributed by atoms with Gasteiger partial charge >= 0.3 is 0 Å². The molecule has 1 unspecified atom stereocenters. The fourth-order valence-electron chi connectivity index (χ4n) is 0.852. The van der Waals surface area contributed by atoms with Gasteiger partial charge in [-0.2, -0.15) is 0 Å². The molecule has 0 heterocycles. The SMILES string of the molecule is CC(NC[C@H](O)CO)C(=O)N(C)C. The molecule has 0 radical (unpaired) electrons. The number of hydrogen-bond acceptors (Lipinski definition) is 4. The lowest BCUT2D eigenvalue weighted by molar-refractivity contribution is -0.130. The summed E-state index contributed by atoms with van der Waals surface area (Å²) < 4.78 is 0. The van der Waals surface area contributed by atoms with Gasteiger partial charge in [-0.15, -0.1) is 0 Å². The molecule has 0 aliphatic rings. The Balaban J connectivity index is 3.74. The van der Waals surface area contributed by atoms with Crippen molar-refractivity contribution in [3.8, 4) is 0 Å². The van der Waals surface area contributed by atoms with Crippen molar-refractivity contribution in [1.29, 1.82) is 0 Å². The molecule has 2 atom stereocenters. The van der Waals surface area contributed by atoms with Crippen LogP contribution in [0, 0.1) is 0 Å². The second-order valence-electron chi connectivity index (χ2n) is 3.20. The van der Waals surface area contributed by atoms with Crippen LogP contribution in [-0.4, -0.2) is 60.4 Å². The average molecular weight is 190 g/mol. The van der Waals surface area contributed by atoms with Crippen molar-refractivity contribution in [2.45, 2.75) is 19.1 Å². The van der Waals surface area contributed by atoms with Gasteiger partial charge in [-0.1, -0.05) is 0 Å². The summed E-state index contributed by atoms with van der Waals surface area (Å²) in [4.78, 5) is 12.7. The van der Waals surface area contributed by atoms with Gasteiger partial charge < -0.3 is 20.4 Å². The molecule has 0 fully saturated rings. The number of carbonyl (C=O) groups excluding carboxylic acids is 1. The zero-order chi connectivity index (χ0) is 10.4. The van der Waals surface area contributed by atoms with Crippen LogP contribution in [0.15, 0.2) is 0 Å². The fraction of sp³-hybridized carbons (Fsp3) is 0.875. The molecule has 0 spiro atoms. The number of carbonyl (C=O) groups is 1. The molecule has 0 aliphatic carbocycles. The molecule has 0 aromatic rings. The number of likely N-dealkylation sites (N-methyl/N-ethyl adjacent to an activating group) is 1. The van der Waals surface area contributed by atoms with Crippen molar-refractivity contribution in [1.82, 2.24) is 10.2 Å². The van der Waals surface area contributed by atoms with E-state index in [0.717, 1.165) is 0 Å². The second-order valence-corrected chi connectivity index (χ2v) is 3.20. The zero-order valence-electron chi connectivity index (χ0n) is 8.32. The number of rotatable bonds is 5. The van der Waals surface area contributed by atoms with E-state index in [0.29, 0.717) is 0 Å². The Kier molecular flexibility index (Phi) is 5.61. The maximum absolute atomic E-state index is 11.3. The Labute approximate surface area is 78.4 Å². The molecule has 0 aromatic carbocycles. The van der Waals surface area contributed by atoms with E-state index in [9.17, 15) is 4.79 Å². The summed E-state index contributed by atoms with van der Waals surface area (Å²) in [7, 11) is 3.34. The first-order chi connectivity index (χ1) is 5.99. The lowest BCUT2D eigenvalue weighted by Gasteiger charge is -2.19. The monoisotopic (exact) mass is 190 g/mol. The minimum Gasteiger partial charge on any atom is -0.394 e. The first-order valence-corrected chi connectivity index (χ1v) is 4.22. The Hall–Kier alpha value is -0.650. The molecule has 5 heteroatoms. The van der Waals surface area contributed by atoms with E-state index < -0.39 is 6.10 Å². The third-order valence-electron chi connectivity index (χ3n) is 1.68. The molecule has 5 nitrogen and oxygen atoms in total. The Morgan fingerprint density at radius 1 is 1.54 bits per heavy atom. The molecule has 0 saturated heterocycles. The number of hydrogen-bond donors (Lipinski definition) is 3. The van der Waals surface area contributed by atoms with Crippen LogP contribution in [-0.2, 0) is 4.79 Å². The molecule has 0 saturated carbocycles. The summed E-state index contributed by atoms with van der Waals surface area (Å²) in [5.74, 6) is -0.0508. The Morgan fingerprint density at radius 3 is 2.46 bits per heavy atom. The normalized spacial score (nSPS) is 15.2. The number of aliphatic hydroxyl groups is 2. The largest absolute Gasteiger partial charge is 0.394 e. The first kappa shape index (κ1) is 12.3. The topological polar surface area (TPSA) is 72.8 Å². The average Bonchev–Trinajstić information content (AvgIpc) is 2.11. The first-order valence-electron chi connectivity index (χ1n) is 4.22. The van der Waals surface area contributed by atoms with Crippen molar-refractivity contribution >= 4 is 5.91 Å². The van der Waals surface area contributed by atoms with Crippen LogP contribution in [0.25, 0.3) is 0 Å².